The summed E-state index contributed by atoms with van der Waals surface area (Å²) in [6.45, 7) is 1.82. The Morgan fingerprint density at radius 1 is 1.38 bits per heavy atom. The van der Waals surface area contributed by atoms with Gasteiger partial charge in [0.15, 0.2) is 0 Å². The third-order valence-corrected chi connectivity index (χ3v) is 2.15. The number of hydrogen-bond acceptors (Lipinski definition) is 3. The Bertz CT molecular complexity index is 300. The van der Waals surface area contributed by atoms with Crippen LogP contribution in [0.2, 0.25) is 0 Å². The molecule has 1 rings (SSSR count). The van der Waals surface area contributed by atoms with Gasteiger partial charge in [-0.2, -0.15) is 0 Å². The van der Waals surface area contributed by atoms with Crippen LogP contribution in [0.25, 0.3) is 0 Å². The molecule has 0 aromatic heterocycles. The number of para-hydroxylation sites is 1. The van der Waals surface area contributed by atoms with Crippen molar-refractivity contribution in [3.05, 3.63) is 30.3 Å². The fourth-order valence-corrected chi connectivity index (χ4v) is 1.32. The third kappa shape index (κ3) is 5.57. The van der Waals surface area contributed by atoms with Crippen molar-refractivity contribution < 1.29 is 14.6 Å². The molecule has 84 valence electrons. The van der Waals surface area contributed by atoms with Gasteiger partial charge in [0, 0.05) is 0 Å². The molecule has 0 fully saturated rings. The Morgan fingerprint density at radius 2 is 2.00 bits per heavy atom. The van der Waals surface area contributed by atoms with Crippen LogP contribution in [0, 0.1) is 5.92 Å². The Balaban J connectivity index is 0.00000225. The molecule has 0 saturated carbocycles. The quantitative estimate of drug-likeness (QED) is 0.486. The summed E-state index contributed by atoms with van der Waals surface area (Å²) in [4.78, 5) is 11.6. The molecule has 0 radical (unpaired) electrons. The molecule has 0 bridgehead atoms. The SMILES string of the molecule is CCCC(CO)C(=O)Oc1ccccc1.[KH]. The molecule has 0 saturated heterocycles. The van der Waals surface area contributed by atoms with Crippen molar-refractivity contribution in [1.29, 1.82) is 0 Å². The second-order valence-electron chi connectivity index (χ2n) is 3.40. The van der Waals surface area contributed by atoms with Crippen LogP contribution in [-0.2, 0) is 4.79 Å². The number of esters is 1. The van der Waals surface area contributed by atoms with Crippen LogP contribution in [0.5, 0.6) is 5.75 Å². The van der Waals surface area contributed by atoms with Crippen molar-refractivity contribution in [3.63, 3.8) is 0 Å². The summed E-state index contributed by atoms with van der Waals surface area (Å²) in [5.41, 5.74) is 0. The summed E-state index contributed by atoms with van der Waals surface area (Å²) >= 11 is 0. The van der Waals surface area contributed by atoms with Gasteiger partial charge >= 0.3 is 57.4 Å². The van der Waals surface area contributed by atoms with Gasteiger partial charge < -0.3 is 9.84 Å². The summed E-state index contributed by atoms with van der Waals surface area (Å²) in [6, 6.07) is 8.90. The van der Waals surface area contributed by atoms with E-state index in [2.05, 4.69) is 0 Å². The maximum absolute atomic E-state index is 11.6. The number of ether oxygens (including phenoxy) is 1. The number of aliphatic hydroxyl groups is 1. The zero-order chi connectivity index (χ0) is 11.1. The summed E-state index contributed by atoms with van der Waals surface area (Å²) in [6.07, 6.45) is 1.51. The molecule has 3 nitrogen and oxygen atoms in total. The Morgan fingerprint density at radius 3 is 2.50 bits per heavy atom. The number of hydrogen-bond donors (Lipinski definition) is 1. The summed E-state index contributed by atoms with van der Waals surface area (Å²) in [7, 11) is 0. The number of aliphatic hydroxyl groups excluding tert-OH is 1. The van der Waals surface area contributed by atoms with E-state index in [0.29, 0.717) is 12.2 Å². The predicted octanol–water partition coefficient (Wildman–Crippen LogP) is 1.35. The normalized spacial score (nSPS) is 11.4. The van der Waals surface area contributed by atoms with E-state index in [-0.39, 0.29) is 64.0 Å². The van der Waals surface area contributed by atoms with E-state index in [4.69, 9.17) is 9.84 Å². The molecule has 0 aliphatic rings. The van der Waals surface area contributed by atoms with Crippen LogP contribution >= 0.6 is 0 Å². The van der Waals surface area contributed by atoms with E-state index in [1.807, 2.05) is 13.0 Å². The van der Waals surface area contributed by atoms with E-state index in [1.165, 1.54) is 0 Å². The van der Waals surface area contributed by atoms with Crippen molar-refractivity contribution >= 4 is 57.4 Å². The molecule has 1 N–H and O–H groups in total. The van der Waals surface area contributed by atoms with Gasteiger partial charge in [-0.25, -0.2) is 0 Å². The van der Waals surface area contributed by atoms with E-state index in [1.54, 1.807) is 24.3 Å². The molecule has 0 amide bonds. The monoisotopic (exact) mass is 248 g/mol. The summed E-state index contributed by atoms with van der Waals surface area (Å²) in [5, 5.41) is 9.00. The average Bonchev–Trinajstić information content (AvgIpc) is 2.27. The Kier molecular flexibility index (Phi) is 9.50. The first-order valence-electron chi connectivity index (χ1n) is 5.15. The second-order valence-corrected chi connectivity index (χ2v) is 3.40. The molecule has 0 aliphatic carbocycles. The Hall–Kier alpha value is 0.286. The standard InChI is InChI=1S/C12H16O3.K.H/c1-2-6-10(9-13)12(14)15-11-7-4-3-5-8-11;;/h3-5,7-8,10,13H,2,6,9H2,1H3;;. The van der Waals surface area contributed by atoms with Crippen LogP contribution < -0.4 is 4.74 Å². The second kappa shape index (κ2) is 9.33. The van der Waals surface area contributed by atoms with Gasteiger partial charge in [0.1, 0.15) is 5.75 Å². The first-order valence-corrected chi connectivity index (χ1v) is 5.15. The summed E-state index contributed by atoms with van der Waals surface area (Å²) in [5.74, 6) is -0.238. The van der Waals surface area contributed by atoms with E-state index < -0.39 is 5.92 Å². The van der Waals surface area contributed by atoms with Crippen LogP contribution in [0.4, 0.5) is 0 Å². The molecular formula is C12H17KO3. The zero-order valence-corrected chi connectivity index (χ0v) is 8.85. The molecule has 1 aromatic rings. The van der Waals surface area contributed by atoms with Crippen molar-refractivity contribution in [2.75, 3.05) is 6.61 Å². The van der Waals surface area contributed by atoms with Crippen LogP contribution in [0.1, 0.15) is 19.8 Å². The van der Waals surface area contributed by atoms with Crippen LogP contribution in [0.15, 0.2) is 30.3 Å². The number of carbonyl (C=O) groups excluding carboxylic acids is 1. The van der Waals surface area contributed by atoms with E-state index in [0.717, 1.165) is 6.42 Å². The molecule has 1 atom stereocenters. The Labute approximate surface area is 139 Å². The van der Waals surface area contributed by atoms with Crippen molar-refractivity contribution in [3.8, 4) is 5.75 Å². The van der Waals surface area contributed by atoms with Crippen LogP contribution in [-0.4, -0.2) is 69.1 Å². The molecular weight excluding hydrogens is 231 g/mol. The van der Waals surface area contributed by atoms with Gasteiger partial charge in [-0.3, -0.25) is 4.79 Å². The molecule has 0 heterocycles. The minimum absolute atomic E-state index is 0. The van der Waals surface area contributed by atoms with Crippen molar-refractivity contribution in [2.24, 2.45) is 5.92 Å². The maximum atomic E-state index is 11.6. The van der Waals surface area contributed by atoms with Gasteiger partial charge in [0.25, 0.3) is 0 Å². The number of rotatable bonds is 5. The third-order valence-electron chi connectivity index (χ3n) is 2.15. The van der Waals surface area contributed by atoms with E-state index >= 15 is 0 Å². The fourth-order valence-electron chi connectivity index (χ4n) is 1.32. The average molecular weight is 248 g/mol. The molecule has 4 heteroatoms. The van der Waals surface area contributed by atoms with E-state index in [9.17, 15) is 4.79 Å². The zero-order valence-electron chi connectivity index (χ0n) is 8.85. The topological polar surface area (TPSA) is 46.5 Å². The van der Waals surface area contributed by atoms with Gasteiger partial charge in [-0.05, 0) is 18.6 Å². The molecule has 0 aliphatic heterocycles. The first kappa shape index (κ1) is 16.3. The first-order chi connectivity index (χ1) is 7.27. The van der Waals surface area contributed by atoms with Crippen LogP contribution in [0.3, 0.4) is 0 Å². The molecule has 1 unspecified atom stereocenters. The van der Waals surface area contributed by atoms with Gasteiger partial charge in [0.2, 0.25) is 0 Å². The molecule has 16 heavy (non-hydrogen) atoms. The minimum atomic E-state index is -0.407. The predicted molar refractivity (Wildman–Crippen MR) is 64.7 cm³/mol. The van der Waals surface area contributed by atoms with Crippen molar-refractivity contribution in [1.82, 2.24) is 0 Å². The number of carbonyl (C=O) groups is 1. The fraction of sp³-hybridized carbons (Fsp3) is 0.417. The van der Waals surface area contributed by atoms with Gasteiger partial charge in [0.05, 0.1) is 12.5 Å². The molecule has 1 aromatic carbocycles. The summed E-state index contributed by atoms with van der Waals surface area (Å²) < 4.78 is 5.12. The number of benzene rings is 1. The molecule has 0 spiro atoms. The van der Waals surface area contributed by atoms with Gasteiger partial charge in [-0.15, -0.1) is 0 Å². The van der Waals surface area contributed by atoms with Gasteiger partial charge in [-0.1, -0.05) is 31.5 Å². The van der Waals surface area contributed by atoms with Crippen molar-refractivity contribution in [2.45, 2.75) is 19.8 Å².